The summed E-state index contributed by atoms with van der Waals surface area (Å²) in [7, 11) is -0.162. The summed E-state index contributed by atoms with van der Waals surface area (Å²) >= 11 is 0. The largest absolute Gasteiger partial charge is 0.593 e. The molecule has 2 rings (SSSR count). The van der Waals surface area contributed by atoms with Crippen molar-refractivity contribution in [3.8, 4) is 0 Å². The molecule has 0 saturated carbocycles. The van der Waals surface area contributed by atoms with Gasteiger partial charge in [0, 0.05) is 6.54 Å². The fourth-order valence-corrected chi connectivity index (χ4v) is 1.39. The second kappa shape index (κ2) is 3.33. The van der Waals surface area contributed by atoms with E-state index >= 15 is 0 Å². The lowest BCUT2D eigenvalue weighted by molar-refractivity contribution is 0.303. The Kier molecular flexibility index (Phi) is 2.19. The fraction of sp³-hybridized carbons (Fsp3) is 0.500. The highest BCUT2D eigenvalue weighted by Gasteiger charge is 2.31. The van der Waals surface area contributed by atoms with Crippen LogP contribution in [-0.2, 0) is 9.31 Å². The summed E-state index contributed by atoms with van der Waals surface area (Å²) in [6.07, 6.45) is 6.12. The number of hydrogen-bond acceptors (Lipinski definition) is 3. The Balaban J connectivity index is 1.97. The molecular weight excluding hydrogens is 153 g/mol. The molecule has 2 heterocycles. The molecule has 0 amide bonds. The zero-order valence-corrected chi connectivity index (χ0v) is 7.19. The van der Waals surface area contributed by atoms with Crippen molar-refractivity contribution in [1.29, 1.82) is 0 Å². The molecule has 0 aromatic rings. The third kappa shape index (κ3) is 1.54. The van der Waals surface area contributed by atoms with Crippen LogP contribution >= 0.6 is 0 Å². The van der Waals surface area contributed by atoms with Crippen molar-refractivity contribution in [2.45, 2.75) is 6.92 Å². The molecule has 0 radical (unpaired) electrons. The Morgan fingerprint density at radius 1 is 1.42 bits per heavy atom. The number of hydrogen-bond donors (Lipinski definition) is 0. The summed E-state index contributed by atoms with van der Waals surface area (Å²) in [4.78, 5) is 2.06. The molecule has 4 heteroatoms. The van der Waals surface area contributed by atoms with Gasteiger partial charge in [0.1, 0.15) is 0 Å². The second-order valence-corrected chi connectivity index (χ2v) is 3.08. The molecule has 0 atom stereocenters. The average Bonchev–Trinajstić information content (AvgIpc) is 2.56. The smallest absolute Gasteiger partial charge is 0.389 e. The van der Waals surface area contributed by atoms with E-state index in [0.29, 0.717) is 13.2 Å². The van der Waals surface area contributed by atoms with E-state index in [1.807, 2.05) is 12.3 Å². The van der Waals surface area contributed by atoms with Crippen molar-refractivity contribution in [2.24, 2.45) is 0 Å². The van der Waals surface area contributed by atoms with E-state index < -0.39 is 0 Å². The molecule has 2 aliphatic rings. The third-order valence-electron chi connectivity index (χ3n) is 1.97. The molecule has 12 heavy (non-hydrogen) atoms. The number of allylic oxidation sites excluding steroid dienone is 2. The first-order valence-electron chi connectivity index (χ1n) is 4.19. The Bertz CT molecular complexity index is 221. The van der Waals surface area contributed by atoms with Crippen molar-refractivity contribution in [2.75, 3.05) is 19.8 Å². The molecule has 0 spiro atoms. The van der Waals surface area contributed by atoms with Gasteiger partial charge in [0.15, 0.2) is 0 Å². The van der Waals surface area contributed by atoms with Gasteiger partial charge in [0.25, 0.3) is 0 Å². The third-order valence-corrected chi connectivity index (χ3v) is 1.97. The average molecular weight is 165 g/mol. The van der Waals surface area contributed by atoms with E-state index in [1.165, 1.54) is 5.57 Å². The van der Waals surface area contributed by atoms with Crippen LogP contribution in [0.2, 0.25) is 0 Å². The van der Waals surface area contributed by atoms with Gasteiger partial charge in [-0.15, -0.1) is 0 Å². The monoisotopic (exact) mass is 165 g/mol. The predicted octanol–water partition coefficient (Wildman–Crippen LogP) is 0.794. The van der Waals surface area contributed by atoms with Crippen molar-refractivity contribution < 1.29 is 9.31 Å². The van der Waals surface area contributed by atoms with Gasteiger partial charge < -0.3 is 14.1 Å². The van der Waals surface area contributed by atoms with Crippen LogP contribution in [0.4, 0.5) is 0 Å². The van der Waals surface area contributed by atoms with Gasteiger partial charge in [-0.1, -0.05) is 11.6 Å². The highest BCUT2D eigenvalue weighted by molar-refractivity contribution is 6.42. The minimum absolute atomic E-state index is 0.162. The zero-order chi connectivity index (χ0) is 8.39. The topological polar surface area (TPSA) is 21.7 Å². The first-order valence-corrected chi connectivity index (χ1v) is 4.19. The lowest BCUT2D eigenvalue weighted by Gasteiger charge is -2.24. The van der Waals surface area contributed by atoms with Crippen LogP contribution in [0.5, 0.6) is 0 Å². The van der Waals surface area contributed by atoms with Crippen LogP contribution in [0.1, 0.15) is 6.92 Å². The Morgan fingerprint density at radius 3 is 2.83 bits per heavy atom. The van der Waals surface area contributed by atoms with E-state index in [4.69, 9.17) is 9.31 Å². The molecule has 0 unspecified atom stereocenters. The van der Waals surface area contributed by atoms with Crippen LogP contribution < -0.4 is 0 Å². The summed E-state index contributed by atoms with van der Waals surface area (Å²) in [6.45, 7) is 4.42. The summed E-state index contributed by atoms with van der Waals surface area (Å²) in [5, 5.41) is 0. The maximum absolute atomic E-state index is 5.37. The van der Waals surface area contributed by atoms with Crippen LogP contribution in [-0.4, -0.2) is 31.8 Å². The number of rotatable bonds is 1. The van der Waals surface area contributed by atoms with E-state index in [0.717, 1.165) is 6.54 Å². The quantitative estimate of drug-likeness (QED) is 0.536. The number of nitrogens with zero attached hydrogens (tertiary/aromatic N) is 1. The molecule has 0 aromatic heterocycles. The molecule has 1 saturated heterocycles. The summed E-state index contributed by atoms with van der Waals surface area (Å²) in [5.41, 5.74) is 1.33. The molecule has 1 fully saturated rings. The van der Waals surface area contributed by atoms with Gasteiger partial charge in [0.2, 0.25) is 0 Å². The minimum Gasteiger partial charge on any atom is -0.389 e. The highest BCUT2D eigenvalue weighted by Crippen LogP contribution is 2.12. The predicted molar refractivity (Wildman–Crippen MR) is 47.3 cm³/mol. The molecule has 0 N–H and O–H groups in total. The van der Waals surface area contributed by atoms with Crippen molar-refractivity contribution in [3.63, 3.8) is 0 Å². The lowest BCUT2D eigenvalue weighted by atomic mass is 10.0. The maximum atomic E-state index is 5.37. The van der Waals surface area contributed by atoms with Crippen molar-refractivity contribution >= 4 is 7.25 Å². The standard InChI is InChI=1S/C8H12BNO2/c1-8-3-2-4-10(7-8)9-11-5-6-12-9/h2-4H,5-7H2,1H3. The molecule has 0 aliphatic carbocycles. The summed E-state index contributed by atoms with van der Waals surface area (Å²) in [6, 6.07) is 0. The molecule has 64 valence electrons. The lowest BCUT2D eigenvalue weighted by Crippen LogP contribution is -2.38. The zero-order valence-electron chi connectivity index (χ0n) is 7.19. The highest BCUT2D eigenvalue weighted by atomic mass is 16.6. The van der Waals surface area contributed by atoms with Gasteiger partial charge in [-0.25, -0.2) is 0 Å². The normalized spacial score (nSPS) is 23.2. The van der Waals surface area contributed by atoms with Crippen molar-refractivity contribution in [1.82, 2.24) is 4.81 Å². The maximum Gasteiger partial charge on any atom is 0.593 e. The van der Waals surface area contributed by atoms with E-state index in [-0.39, 0.29) is 7.25 Å². The van der Waals surface area contributed by atoms with Crippen LogP contribution in [0.25, 0.3) is 0 Å². The summed E-state index contributed by atoms with van der Waals surface area (Å²) < 4.78 is 10.7. The Hall–Kier alpha value is -0.735. The van der Waals surface area contributed by atoms with Gasteiger partial charge >= 0.3 is 7.25 Å². The SMILES string of the molecule is CC1=CC=CN(B2OCCO2)C1. The minimum atomic E-state index is -0.162. The van der Waals surface area contributed by atoms with Gasteiger partial charge in [-0.05, 0) is 19.2 Å². The fourth-order valence-electron chi connectivity index (χ4n) is 1.39. The van der Waals surface area contributed by atoms with E-state index in [2.05, 4.69) is 17.8 Å². The molecule has 3 nitrogen and oxygen atoms in total. The van der Waals surface area contributed by atoms with E-state index in [1.54, 1.807) is 0 Å². The first kappa shape index (κ1) is 7.89. The van der Waals surface area contributed by atoms with Gasteiger partial charge in [0.05, 0.1) is 13.2 Å². The van der Waals surface area contributed by atoms with Crippen LogP contribution in [0.15, 0.2) is 23.9 Å². The van der Waals surface area contributed by atoms with Crippen LogP contribution in [0, 0.1) is 0 Å². The Labute approximate surface area is 72.8 Å². The molecule has 0 bridgehead atoms. The van der Waals surface area contributed by atoms with E-state index in [9.17, 15) is 0 Å². The molecule has 0 aromatic carbocycles. The molecular formula is C8H12BNO2. The molecule has 2 aliphatic heterocycles. The summed E-state index contributed by atoms with van der Waals surface area (Å²) in [5.74, 6) is 0. The second-order valence-electron chi connectivity index (χ2n) is 3.08. The Morgan fingerprint density at radius 2 is 2.17 bits per heavy atom. The van der Waals surface area contributed by atoms with Gasteiger partial charge in [-0.2, -0.15) is 0 Å². The first-order chi connectivity index (χ1) is 5.86. The van der Waals surface area contributed by atoms with Gasteiger partial charge in [-0.3, -0.25) is 0 Å². The van der Waals surface area contributed by atoms with Crippen LogP contribution in [0.3, 0.4) is 0 Å². The van der Waals surface area contributed by atoms with Crippen molar-refractivity contribution in [3.05, 3.63) is 23.9 Å².